The van der Waals surface area contributed by atoms with E-state index >= 15 is 0 Å². The highest BCUT2D eigenvalue weighted by atomic mass is 32.1. The molecule has 0 aliphatic heterocycles. The average Bonchev–Trinajstić information content (AvgIpc) is 2.27. The van der Waals surface area contributed by atoms with Gasteiger partial charge in [-0.05, 0) is 11.5 Å². The summed E-state index contributed by atoms with van der Waals surface area (Å²) in [6.45, 7) is 0. The molecule has 0 amide bonds. The molecule has 0 saturated carbocycles. The Bertz CT molecular complexity index is 318. The minimum Gasteiger partial charge on any atom is -0.865 e. The van der Waals surface area contributed by atoms with E-state index in [-0.39, 0.29) is 5.06 Å². The molecular formula is C8H5OS-. The summed E-state index contributed by atoms with van der Waals surface area (Å²) in [7, 11) is 0. The smallest absolute Gasteiger partial charge is 0.0336 e. The fraction of sp³-hybridized carbons (Fsp3) is 0. The Kier molecular flexibility index (Phi) is 1.14. The molecular weight excluding hydrogens is 144 g/mol. The molecule has 2 heteroatoms. The number of thiophene rings is 1. The molecule has 1 aromatic heterocycles. The van der Waals surface area contributed by atoms with Crippen molar-refractivity contribution in [1.29, 1.82) is 0 Å². The van der Waals surface area contributed by atoms with Crippen LogP contribution >= 0.6 is 11.3 Å². The van der Waals surface area contributed by atoms with Gasteiger partial charge >= 0.3 is 0 Å². The molecule has 1 nitrogen and oxygen atoms in total. The van der Waals surface area contributed by atoms with Crippen molar-refractivity contribution in [2.75, 3.05) is 0 Å². The fourth-order valence-electron chi connectivity index (χ4n) is 0.958. The van der Waals surface area contributed by atoms with Crippen molar-refractivity contribution in [1.82, 2.24) is 0 Å². The van der Waals surface area contributed by atoms with Crippen LogP contribution in [0.1, 0.15) is 0 Å². The van der Waals surface area contributed by atoms with Crippen LogP contribution in [0.5, 0.6) is 5.06 Å². The molecule has 0 fully saturated rings. The zero-order valence-corrected chi connectivity index (χ0v) is 6.02. The molecule has 0 spiro atoms. The van der Waals surface area contributed by atoms with Crippen LogP contribution in [0.4, 0.5) is 0 Å². The van der Waals surface area contributed by atoms with Crippen LogP contribution in [0, 0.1) is 0 Å². The average molecular weight is 149 g/mol. The van der Waals surface area contributed by atoms with Crippen molar-refractivity contribution in [3.63, 3.8) is 0 Å². The van der Waals surface area contributed by atoms with Crippen molar-refractivity contribution in [2.24, 2.45) is 0 Å². The van der Waals surface area contributed by atoms with Crippen molar-refractivity contribution in [3.8, 4) is 5.06 Å². The van der Waals surface area contributed by atoms with Gasteiger partial charge < -0.3 is 5.11 Å². The Morgan fingerprint density at radius 1 is 1.20 bits per heavy atom. The van der Waals surface area contributed by atoms with Crippen LogP contribution in [0.2, 0.25) is 0 Å². The lowest BCUT2D eigenvalue weighted by atomic mass is 10.3. The Hall–Kier alpha value is -1.02. The first kappa shape index (κ1) is 5.74. The maximum atomic E-state index is 10.8. The van der Waals surface area contributed by atoms with E-state index in [2.05, 4.69) is 0 Å². The highest BCUT2D eigenvalue weighted by Crippen LogP contribution is 2.27. The quantitative estimate of drug-likeness (QED) is 0.561. The summed E-state index contributed by atoms with van der Waals surface area (Å²) in [6.07, 6.45) is 0. The second kappa shape index (κ2) is 1.99. The van der Waals surface area contributed by atoms with Gasteiger partial charge in [0.15, 0.2) is 0 Å². The van der Waals surface area contributed by atoms with E-state index in [0.29, 0.717) is 0 Å². The number of hydrogen-bond donors (Lipinski definition) is 0. The van der Waals surface area contributed by atoms with Gasteiger partial charge in [-0.2, -0.15) is 11.3 Å². The molecule has 0 bridgehead atoms. The van der Waals surface area contributed by atoms with Gasteiger partial charge in [0.2, 0.25) is 0 Å². The minimum absolute atomic E-state index is 0.140. The molecule has 0 radical (unpaired) electrons. The first-order chi connectivity index (χ1) is 4.86. The Morgan fingerprint density at radius 2 is 2.00 bits per heavy atom. The van der Waals surface area contributed by atoms with Crippen molar-refractivity contribution in [3.05, 3.63) is 30.3 Å². The molecule has 2 rings (SSSR count). The molecule has 0 atom stereocenters. The summed E-state index contributed by atoms with van der Waals surface area (Å²) >= 11 is 1.30. The predicted octanol–water partition coefficient (Wildman–Crippen LogP) is 1.97. The van der Waals surface area contributed by atoms with E-state index in [1.807, 2.05) is 24.3 Å². The van der Waals surface area contributed by atoms with Crippen molar-refractivity contribution >= 4 is 21.4 Å². The molecule has 0 aliphatic carbocycles. The van der Waals surface area contributed by atoms with Gasteiger partial charge in [0.1, 0.15) is 0 Å². The van der Waals surface area contributed by atoms with Gasteiger partial charge in [-0.25, -0.2) is 0 Å². The number of fused-ring (bicyclic) bond motifs is 1. The molecule has 1 aromatic carbocycles. The SMILES string of the molecule is [O-]c1cc2ccccc2s1. The second-order valence-corrected chi connectivity index (χ2v) is 3.15. The zero-order chi connectivity index (χ0) is 6.97. The first-order valence-electron chi connectivity index (χ1n) is 3.02. The van der Waals surface area contributed by atoms with Gasteiger partial charge in [-0.1, -0.05) is 29.3 Å². The van der Waals surface area contributed by atoms with Gasteiger partial charge in [0.25, 0.3) is 0 Å². The van der Waals surface area contributed by atoms with Gasteiger partial charge in [-0.15, -0.1) is 0 Å². The Morgan fingerprint density at radius 3 is 2.80 bits per heavy atom. The Balaban J connectivity index is 2.88. The topological polar surface area (TPSA) is 23.1 Å². The molecule has 50 valence electrons. The third kappa shape index (κ3) is 0.772. The van der Waals surface area contributed by atoms with E-state index in [1.54, 1.807) is 6.07 Å². The third-order valence-electron chi connectivity index (χ3n) is 1.40. The zero-order valence-electron chi connectivity index (χ0n) is 5.20. The standard InChI is InChI=1S/C8H6OS/c9-8-5-6-3-1-2-4-7(6)10-8/h1-5,9H/p-1. The monoisotopic (exact) mass is 149 g/mol. The van der Waals surface area contributed by atoms with Gasteiger partial charge in [0.05, 0.1) is 0 Å². The predicted molar refractivity (Wildman–Crippen MR) is 41.3 cm³/mol. The second-order valence-electron chi connectivity index (χ2n) is 2.10. The van der Waals surface area contributed by atoms with Crippen LogP contribution in [-0.2, 0) is 0 Å². The fourth-order valence-corrected chi connectivity index (χ4v) is 1.75. The molecule has 0 unspecified atom stereocenters. The number of benzene rings is 1. The molecule has 0 saturated heterocycles. The summed E-state index contributed by atoms with van der Waals surface area (Å²) < 4.78 is 1.08. The summed E-state index contributed by atoms with van der Waals surface area (Å²) in [6, 6.07) is 9.46. The summed E-state index contributed by atoms with van der Waals surface area (Å²) in [5, 5.41) is 12.0. The van der Waals surface area contributed by atoms with E-state index < -0.39 is 0 Å². The lowest BCUT2D eigenvalue weighted by Crippen LogP contribution is -1.80. The first-order valence-corrected chi connectivity index (χ1v) is 3.83. The van der Waals surface area contributed by atoms with Crippen LogP contribution in [0.25, 0.3) is 10.1 Å². The maximum Gasteiger partial charge on any atom is 0.0336 e. The van der Waals surface area contributed by atoms with Gasteiger partial charge in [-0.3, -0.25) is 0 Å². The summed E-state index contributed by atoms with van der Waals surface area (Å²) in [5.74, 6) is 0. The minimum atomic E-state index is 0.140. The van der Waals surface area contributed by atoms with Crippen LogP contribution < -0.4 is 5.11 Å². The summed E-state index contributed by atoms with van der Waals surface area (Å²) in [4.78, 5) is 0. The lowest BCUT2D eigenvalue weighted by Gasteiger charge is -1.90. The third-order valence-corrected chi connectivity index (χ3v) is 2.31. The van der Waals surface area contributed by atoms with Crippen molar-refractivity contribution < 1.29 is 5.11 Å². The molecule has 10 heavy (non-hydrogen) atoms. The number of rotatable bonds is 0. The van der Waals surface area contributed by atoms with Crippen LogP contribution in [-0.4, -0.2) is 0 Å². The maximum absolute atomic E-state index is 10.8. The highest BCUT2D eigenvalue weighted by molar-refractivity contribution is 7.20. The van der Waals surface area contributed by atoms with E-state index in [4.69, 9.17) is 0 Å². The van der Waals surface area contributed by atoms with Gasteiger partial charge in [0, 0.05) is 4.70 Å². The lowest BCUT2D eigenvalue weighted by molar-refractivity contribution is -0.261. The van der Waals surface area contributed by atoms with Crippen LogP contribution in [0.3, 0.4) is 0 Å². The van der Waals surface area contributed by atoms with Crippen LogP contribution in [0.15, 0.2) is 30.3 Å². The van der Waals surface area contributed by atoms with E-state index in [1.165, 1.54) is 11.3 Å². The largest absolute Gasteiger partial charge is 0.865 e. The normalized spacial score (nSPS) is 10.4. The van der Waals surface area contributed by atoms with E-state index in [0.717, 1.165) is 10.1 Å². The highest BCUT2D eigenvalue weighted by Gasteiger charge is 1.90. The number of hydrogen-bond acceptors (Lipinski definition) is 2. The summed E-state index contributed by atoms with van der Waals surface area (Å²) in [5.41, 5.74) is 0. The van der Waals surface area contributed by atoms with E-state index in [9.17, 15) is 5.11 Å². The Labute approximate surface area is 62.5 Å². The molecule has 0 aliphatic rings. The molecule has 1 heterocycles. The van der Waals surface area contributed by atoms with Crippen molar-refractivity contribution in [2.45, 2.75) is 0 Å². The molecule has 0 N–H and O–H groups in total. The molecule has 2 aromatic rings.